The maximum Gasteiger partial charge on any atom is 0.163 e. The topological polar surface area (TPSA) is 77.2 Å². The molecule has 1 aromatic rings. The van der Waals surface area contributed by atoms with Crippen molar-refractivity contribution >= 4 is 37.2 Å². The maximum atomic E-state index is 11.6. The van der Waals surface area contributed by atoms with Crippen LogP contribution in [0.15, 0.2) is 22.7 Å². The molecule has 16 heavy (non-hydrogen) atoms. The largest absolute Gasteiger partial charge is 0.398 e. The third-order valence-electron chi connectivity index (χ3n) is 2.02. The molecule has 88 valence electrons. The highest BCUT2D eigenvalue weighted by atomic mass is 79.9. The molecule has 0 unspecified atom stereocenters. The lowest BCUT2D eigenvalue weighted by atomic mass is 10.1. The smallest absolute Gasteiger partial charge is 0.163 e. The number of nitrogens with two attached hydrogens (primary N) is 1. The summed E-state index contributed by atoms with van der Waals surface area (Å²) in [6.45, 7) is 0. The van der Waals surface area contributed by atoms with Gasteiger partial charge in [-0.3, -0.25) is 4.79 Å². The molecule has 0 saturated carbocycles. The lowest BCUT2D eigenvalue weighted by Crippen LogP contribution is -2.09. The van der Waals surface area contributed by atoms with Gasteiger partial charge in [-0.2, -0.15) is 0 Å². The molecule has 1 aromatic carbocycles. The van der Waals surface area contributed by atoms with Crippen LogP contribution in [-0.2, 0) is 9.84 Å². The first-order valence-corrected chi connectivity index (χ1v) is 7.41. The molecule has 0 aliphatic carbocycles. The number of anilines is 1. The van der Waals surface area contributed by atoms with E-state index in [0.717, 1.165) is 6.26 Å². The number of benzene rings is 1. The van der Waals surface area contributed by atoms with E-state index in [4.69, 9.17) is 5.73 Å². The van der Waals surface area contributed by atoms with Crippen LogP contribution in [0.5, 0.6) is 0 Å². The van der Waals surface area contributed by atoms with Crippen LogP contribution in [0.1, 0.15) is 16.8 Å². The van der Waals surface area contributed by atoms with Gasteiger partial charge in [-0.15, -0.1) is 0 Å². The van der Waals surface area contributed by atoms with Gasteiger partial charge in [0.15, 0.2) is 5.78 Å². The van der Waals surface area contributed by atoms with Gasteiger partial charge in [-0.05, 0) is 34.1 Å². The average Bonchev–Trinajstić information content (AvgIpc) is 2.17. The number of nitrogen functional groups attached to an aromatic ring is 1. The van der Waals surface area contributed by atoms with Crippen molar-refractivity contribution in [1.82, 2.24) is 0 Å². The molecule has 0 aromatic heterocycles. The minimum Gasteiger partial charge on any atom is -0.398 e. The molecule has 0 aliphatic heterocycles. The fourth-order valence-electron chi connectivity index (χ4n) is 1.12. The Bertz CT molecular complexity index is 511. The summed E-state index contributed by atoms with van der Waals surface area (Å²) in [6, 6.07) is 4.79. The van der Waals surface area contributed by atoms with Crippen LogP contribution in [0.4, 0.5) is 5.69 Å². The van der Waals surface area contributed by atoms with Crippen LogP contribution < -0.4 is 5.73 Å². The van der Waals surface area contributed by atoms with E-state index < -0.39 is 9.84 Å². The van der Waals surface area contributed by atoms with Crippen molar-refractivity contribution in [3.8, 4) is 0 Å². The molecule has 0 aliphatic rings. The van der Waals surface area contributed by atoms with E-state index in [2.05, 4.69) is 15.9 Å². The molecule has 0 saturated heterocycles. The normalized spacial score (nSPS) is 11.4. The number of hydrogen-bond donors (Lipinski definition) is 1. The average molecular weight is 306 g/mol. The quantitative estimate of drug-likeness (QED) is 0.678. The number of halogens is 1. The van der Waals surface area contributed by atoms with Crippen LogP contribution in [0.25, 0.3) is 0 Å². The van der Waals surface area contributed by atoms with E-state index in [1.54, 1.807) is 18.2 Å². The molecule has 0 heterocycles. The van der Waals surface area contributed by atoms with E-state index in [0.29, 0.717) is 15.7 Å². The minimum atomic E-state index is -3.10. The van der Waals surface area contributed by atoms with Gasteiger partial charge in [0, 0.05) is 28.4 Å². The third-order valence-corrected chi connectivity index (χ3v) is 3.65. The molecule has 0 atom stereocenters. The Balaban J connectivity index is 2.78. The molecule has 2 N–H and O–H groups in total. The summed E-state index contributed by atoms with van der Waals surface area (Å²) in [5.74, 6) is -0.334. The molecule has 6 heteroatoms. The van der Waals surface area contributed by atoms with E-state index in [9.17, 15) is 13.2 Å². The molecule has 4 nitrogen and oxygen atoms in total. The van der Waals surface area contributed by atoms with Gasteiger partial charge in [0.2, 0.25) is 0 Å². The molecule has 0 bridgehead atoms. The van der Waals surface area contributed by atoms with E-state index in [1.807, 2.05) is 0 Å². The van der Waals surface area contributed by atoms with Gasteiger partial charge in [-0.25, -0.2) is 8.42 Å². The van der Waals surface area contributed by atoms with Crippen LogP contribution in [0.3, 0.4) is 0 Å². The summed E-state index contributed by atoms with van der Waals surface area (Å²) in [5, 5.41) is 0. The molecule has 0 radical (unpaired) electrons. The summed E-state index contributed by atoms with van der Waals surface area (Å²) in [4.78, 5) is 11.6. The van der Waals surface area contributed by atoms with E-state index >= 15 is 0 Å². The highest BCUT2D eigenvalue weighted by Crippen LogP contribution is 2.21. The number of carbonyl (C=O) groups excluding carboxylic acids is 1. The van der Waals surface area contributed by atoms with Crippen LogP contribution >= 0.6 is 15.9 Å². The number of Topliss-reactive ketones (excluding diaryl/α,β-unsaturated/α-hetero) is 1. The minimum absolute atomic E-state index is 0.00477. The van der Waals surface area contributed by atoms with Crippen molar-refractivity contribution in [2.24, 2.45) is 0 Å². The number of sulfone groups is 1. The summed E-state index contributed by atoms with van der Waals surface area (Å²) >= 11 is 3.21. The van der Waals surface area contributed by atoms with Gasteiger partial charge in [-0.1, -0.05) is 0 Å². The van der Waals surface area contributed by atoms with Gasteiger partial charge in [0.25, 0.3) is 0 Å². The molecule has 1 rings (SSSR count). The van der Waals surface area contributed by atoms with Gasteiger partial charge >= 0.3 is 0 Å². The zero-order chi connectivity index (χ0) is 12.3. The third kappa shape index (κ3) is 3.94. The summed E-state index contributed by atoms with van der Waals surface area (Å²) < 4.78 is 22.4. The summed E-state index contributed by atoms with van der Waals surface area (Å²) in [6.07, 6.45) is 1.11. The Labute approximate surface area is 103 Å². The second kappa shape index (κ2) is 4.97. The zero-order valence-corrected chi connectivity index (χ0v) is 11.1. The fourth-order valence-corrected chi connectivity index (χ4v) is 2.06. The molecular formula is C10H12BrNO3S. The first-order chi connectivity index (χ1) is 7.29. The number of rotatable bonds is 4. The number of hydrogen-bond acceptors (Lipinski definition) is 4. The van der Waals surface area contributed by atoms with Crippen LogP contribution in [0.2, 0.25) is 0 Å². The molecule has 0 amide bonds. The lowest BCUT2D eigenvalue weighted by Gasteiger charge is -2.03. The van der Waals surface area contributed by atoms with Crippen molar-refractivity contribution < 1.29 is 13.2 Å². The second-order valence-corrected chi connectivity index (χ2v) is 6.65. The van der Waals surface area contributed by atoms with Crippen molar-refractivity contribution in [3.63, 3.8) is 0 Å². The predicted octanol–water partition coefficient (Wildman–Crippen LogP) is 1.65. The second-order valence-electron chi connectivity index (χ2n) is 3.54. The first-order valence-electron chi connectivity index (χ1n) is 4.55. The maximum absolute atomic E-state index is 11.6. The van der Waals surface area contributed by atoms with Crippen molar-refractivity contribution in [1.29, 1.82) is 0 Å². The monoisotopic (exact) mass is 305 g/mol. The number of carbonyl (C=O) groups is 1. The highest BCUT2D eigenvalue weighted by Gasteiger charge is 2.11. The summed E-state index contributed by atoms with van der Waals surface area (Å²) in [7, 11) is -3.10. The molecule has 0 fully saturated rings. The Hall–Kier alpha value is -0.880. The standard InChI is InChI=1S/C10H12BrNO3S/c1-16(14,15)5-4-10(13)7-2-3-9(12)8(11)6-7/h2-3,6H,4-5,12H2,1H3. The van der Waals surface area contributed by atoms with Crippen LogP contribution in [-0.4, -0.2) is 26.2 Å². The summed E-state index contributed by atoms with van der Waals surface area (Å²) in [5.41, 5.74) is 6.58. The SMILES string of the molecule is CS(=O)(=O)CCC(=O)c1ccc(N)c(Br)c1. The van der Waals surface area contributed by atoms with Gasteiger partial charge in [0.05, 0.1) is 5.75 Å². The number of ketones is 1. The first kappa shape index (κ1) is 13.2. The van der Waals surface area contributed by atoms with E-state index in [1.165, 1.54) is 0 Å². The Kier molecular flexibility index (Phi) is 4.09. The zero-order valence-electron chi connectivity index (χ0n) is 8.73. The van der Waals surface area contributed by atoms with Crippen molar-refractivity contribution in [3.05, 3.63) is 28.2 Å². The fraction of sp³-hybridized carbons (Fsp3) is 0.300. The van der Waals surface area contributed by atoms with E-state index in [-0.39, 0.29) is 18.0 Å². The molecular weight excluding hydrogens is 294 g/mol. The Morgan fingerprint density at radius 2 is 2.06 bits per heavy atom. The van der Waals surface area contributed by atoms with Gasteiger partial charge < -0.3 is 5.73 Å². The van der Waals surface area contributed by atoms with Crippen molar-refractivity contribution in [2.75, 3.05) is 17.7 Å². The van der Waals surface area contributed by atoms with Crippen LogP contribution in [0, 0.1) is 0 Å². The Morgan fingerprint density at radius 1 is 1.44 bits per heavy atom. The predicted molar refractivity (Wildman–Crippen MR) is 67.2 cm³/mol. The molecule has 0 spiro atoms. The Morgan fingerprint density at radius 3 is 2.56 bits per heavy atom. The van der Waals surface area contributed by atoms with Crippen molar-refractivity contribution in [2.45, 2.75) is 6.42 Å². The lowest BCUT2D eigenvalue weighted by molar-refractivity contribution is 0.0989. The highest BCUT2D eigenvalue weighted by molar-refractivity contribution is 9.10. The van der Waals surface area contributed by atoms with Gasteiger partial charge in [0.1, 0.15) is 9.84 Å².